The summed E-state index contributed by atoms with van der Waals surface area (Å²) in [6, 6.07) is 87.5. The predicted molar refractivity (Wildman–Crippen MR) is 310 cm³/mol. The van der Waals surface area contributed by atoms with Gasteiger partial charge in [-0.2, -0.15) is 0 Å². The van der Waals surface area contributed by atoms with Crippen molar-refractivity contribution in [3.05, 3.63) is 249 Å². The predicted octanol–water partition coefficient (Wildman–Crippen LogP) is 18.2. The molecule has 0 spiro atoms. The van der Waals surface area contributed by atoms with Crippen molar-refractivity contribution in [1.82, 2.24) is 24.1 Å². The van der Waals surface area contributed by atoms with Gasteiger partial charge in [-0.1, -0.05) is 152 Å². The fourth-order valence-electron chi connectivity index (χ4n) is 11.7. The lowest BCUT2D eigenvalue weighted by Gasteiger charge is -2.10. The van der Waals surface area contributed by atoms with Crippen molar-refractivity contribution in [2.45, 2.75) is 0 Å². The number of aromatic nitrogens is 5. The van der Waals surface area contributed by atoms with Crippen molar-refractivity contribution in [2.75, 3.05) is 0 Å². The van der Waals surface area contributed by atoms with Crippen molar-refractivity contribution in [3.63, 3.8) is 0 Å². The molecule has 5 aromatic heterocycles. The van der Waals surface area contributed by atoms with Crippen molar-refractivity contribution < 1.29 is 8.83 Å². The normalized spacial score (nSPS) is 11.9. The van der Waals surface area contributed by atoms with Gasteiger partial charge >= 0.3 is 0 Å². The molecular weight excluding hydrogens is 931 g/mol. The van der Waals surface area contributed by atoms with Gasteiger partial charge in [0, 0.05) is 77.2 Å². The summed E-state index contributed by atoms with van der Waals surface area (Å²) in [7, 11) is 0. The average Bonchev–Trinajstić information content (AvgIpc) is 4.29. The minimum Gasteiger partial charge on any atom is -0.456 e. The third kappa shape index (κ3) is 6.59. The van der Waals surface area contributed by atoms with Crippen LogP contribution in [0.4, 0.5) is 0 Å². The number of fused-ring (bicyclic) bond motifs is 12. The molecule has 76 heavy (non-hydrogen) atoms. The van der Waals surface area contributed by atoms with E-state index in [0.29, 0.717) is 17.5 Å². The number of hydrogen-bond donors (Lipinski definition) is 0. The molecule has 16 rings (SSSR count). The van der Waals surface area contributed by atoms with Gasteiger partial charge in [-0.3, -0.25) is 0 Å². The van der Waals surface area contributed by atoms with Crippen LogP contribution >= 0.6 is 0 Å². The largest absolute Gasteiger partial charge is 0.456 e. The molecule has 0 fully saturated rings. The minimum absolute atomic E-state index is 0.544. The van der Waals surface area contributed by atoms with Gasteiger partial charge in [0.15, 0.2) is 17.5 Å². The number of hydrogen-bond acceptors (Lipinski definition) is 5. The third-order valence-electron chi connectivity index (χ3n) is 15.2. The van der Waals surface area contributed by atoms with Gasteiger partial charge in [-0.15, -0.1) is 0 Å². The molecule has 0 saturated carbocycles. The first-order chi connectivity index (χ1) is 37.6. The second-order valence-corrected chi connectivity index (χ2v) is 19.5. The highest BCUT2D eigenvalue weighted by Gasteiger charge is 2.21. The minimum atomic E-state index is 0.544. The molecule has 7 nitrogen and oxygen atoms in total. The Bertz CT molecular complexity index is 4950. The van der Waals surface area contributed by atoms with Gasteiger partial charge in [0.25, 0.3) is 0 Å². The van der Waals surface area contributed by atoms with Crippen molar-refractivity contribution in [2.24, 2.45) is 0 Å². The Morgan fingerprint density at radius 1 is 0.250 bits per heavy atom. The highest BCUT2D eigenvalue weighted by atomic mass is 16.3. The quantitative estimate of drug-likeness (QED) is 0.159. The Labute approximate surface area is 434 Å². The summed E-state index contributed by atoms with van der Waals surface area (Å²) in [5, 5.41) is 8.88. The SMILES string of the molecule is c1ccc(-c2nc(-c3ccc4c(c3)oc3cc(-n5c6ccccc6c6ccccc65)ccc34)nc(-c3cccc4oc5ccc(-c6cccc(-c7ccc8c(c7)c7ccccc7n8-c7ccccc7)c6)cc5c34)n2)cc1. The van der Waals surface area contributed by atoms with Crippen LogP contribution in [-0.2, 0) is 0 Å². The van der Waals surface area contributed by atoms with E-state index in [4.69, 9.17) is 23.8 Å². The van der Waals surface area contributed by atoms with Crippen LogP contribution in [0.25, 0.3) is 155 Å². The van der Waals surface area contributed by atoms with E-state index in [1.54, 1.807) is 0 Å². The fourth-order valence-corrected chi connectivity index (χ4v) is 11.7. The molecule has 0 aliphatic carbocycles. The molecule has 0 amide bonds. The molecule has 11 aromatic carbocycles. The summed E-state index contributed by atoms with van der Waals surface area (Å²) in [5.74, 6) is 1.67. The van der Waals surface area contributed by atoms with Crippen LogP contribution < -0.4 is 0 Å². The zero-order chi connectivity index (χ0) is 49.8. The molecule has 0 radical (unpaired) electrons. The first-order valence-corrected chi connectivity index (χ1v) is 25.6. The topological polar surface area (TPSA) is 74.8 Å². The van der Waals surface area contributed by atoms with Crippen molar-refractivity contribution >= 4 is 87.5 Å². The zero-order valence-corrected chi connectivity index (χ0v) is 40.7. The fraction of sp³-hybridized carbons (Fsp3) is 0. The number of benzene rings is 11. The zero-order valence-electron chi connectivity index (χ0n) is 40.7. The van der Waals surface area contributed by atoms with Gasteiger partial charge in [-0.05, 0) is 113 Å². The highest BCUT2D eigenvalue weighted by Crippen LogP contribution is 2.42. The van der Waals surface area contributed by atoms with Crippen LogP contribution in [0, 0.1) is 0 Å². The van der Waals surface area contributed by atoms with E-state index in [-0.39, 0.29) is 0 Å². The molecule has 7 heteroatoms. The smallest absolute Gasteiger partial charge is 0.164 e. The first-order valence-electron chi connectivity index (χ1n) is 25.6. The number of nitrogens with zero attached hydrogens (tertiary/aromatic N) is 5. The van der Waals surface area contributed by atoms with Gasteiger partial charge in [0.1, 0.15) is 22.3 Å². The molecule has 0 bridgehead atoms. The van der Waals surface area contributed by atoms with Crippen LogP contribution in [0.15, 0.2) is 258 Å². The van der Waals surface area contributed by atoms with Gasteiger partial charge < -0.3 is 18.0 Å². The second kappa shape index (κ2) is 16.6. The maximum atomic E-state index is 6.73. The third-order valence-corrected chi connectivity index (χ3v) is 15.2. The lowest BCUT2D eigenvalue weighted by atomic mass is 9.96. The van der Waals surface area contributed by atoms with E-state index in [2.05, 4.69) is 215 Å². The van der Waals surface area contributed by atoms with Crippen LogP contribution in [0.5, 0.6) is 0 Å². The number of para-hydroxylation sites is 4. The van der Waals surface area contributed by atoms with Gasteiger partial charge in [-0.25, -0.2) is 15.0 Å². The molecule has 0 unspecified atom stereocenters. The molecule has 0 atom stereocenters. The van der Waals surface area contributed by atoms with Crippen LogP contribution in [0.1, 0.15) is 0 Å². The molecule has 0 aliphatic heterocycles. The maximum absolute atomic E-state index is 6.73. The highest BCUT2D eigenvalue weighted by molar-refractivity contribution is 6.14. The number of furan rings is 2. The van der Waals surface area contributed by atoms with E-state index >= 15 is 0 Å². The summed E-state index contributed by atoms with van der Waals surface area (Å²) < 4.78 is 18.0. The Balaban J connectivity index is 0.797. The summed E-state index contributed by atoms with van der Waals surface area (Å²) >= 11 is 0. The average molecular weight is 972 g/mol. The number of rotatable bonds is 7. The molecule has 0 N–H and O–H groups in total. The summed E-state index contributed by atoms with van der Waals surface area (Å²) in [4.78, 5) is 15.6. The molecular formula is C69H41N5O2. The molecule has 354 valence electrons. The van der Waals surface area contributed by atoms with Crippen molar-refractivity contribution in [3.8, 4) is 67.8 Å². The summed E-state index contributed by atoms with van der Waals surface area (Å²) in [5.41, 5.74) is 17.0. The van der Waals surface area contributed by atoms with E-state index in [0.717, 1.165) is 105 Å². The van der Waals surface area contributed by atoms with Crippen LogP contribution in [0.2, 0.25) is 0 Å². The van der Waals surface area contributed by atoms with Gasteiger partial charge in [0.2, 0.25) is 0 Å². The van der Waals surface area contributed by atoms with Crippen LogP contribution in [0.3, 0.4) is 0 Å². The van der Waals surface area contributed by atoms with E-state index < -0.39 is 0 Å². The summed E-state index contributed by atoms with van der Waals surface area (Å²) in [6.45, 7) is 0. The molecule has 0 saturated heterocycles. The monoisotopic (exact) mass is 971 g/mol. The Kier molecular flexibility index (Phi) is 9.20. The standard InChI is InChI=1S/C69H41N5O2/c1-3-15-42(16-4-1)67-70-68(47-29-33-53-54-34-32-49(41-65(54)76-64(53)40-47)74-58-25-10-7-21-50(58)51-22-8-11-26-59(51)74)72-69(71-67)55-24-14-28-63-66(55)57-39-46(31-36-62(57)75-63)44-18-13-17-43(37-44)45-30-35-61-56(38-45)52-23-9-12-27-60(52)73(61)48-19-5-2-6-20-48/h1-41H. The van der Waals surface area contributed by atoms with E-state index in [1.807, 2.05) is 42.5 Å². The Morgan fingerprint density at radius 3 is 1.47 bits per heavy atom. The van der Waals surface area contributed by atoms with Gasteiger partial charge in [0.05, 0.1) is 22.1 Å². The van der Waals surface area contributed by atoms with E-state index in [9.17, 15) is 0 Å². The lowest BCUT2D eigenvalue weighted by Crippen LogP contribution is -2.00. The Hall–Kier alpha value is -10.4. The maximum Gasteiger partial charge on any atom is 0.164 e. The Morgan fingerprint density at radius 2 is 0.750 bits per heavy atom. The van der Waals surface area contributed by atoms with Crippen LogP contribution in [-0.4, -0.2) is 24.1 Å². The molecule has 5 heterocycles. The first kappa shape index (κ1) is 42.2. The molecule has 0 aliphatic rings. The lowest BCUT2D eigenvalue weighted by molar-refractivity contribution is 0.668. The van der Waals surface area contributed by atoms with Crippen molar-refractivity contribution in [1.29, 1.82) is 0 Å². The summed E-state index contributed by atoms with van der Waals surface area (Å²) in [6.07, 6.45) is 0. The second-order valence-electron chi connectivity index (χ2n) is 19.5. The van der Waals surface area contributed by atoms with E-state index in [1.165, 1.54) is 32.6 Å². The molecule has 16 aromatic rings.